The molecule has 5 heteroatoms. The molecule has 0 saturated carbocycles. The maximum absolute atomic E-state index is 12.7. The van der Waals surface area contributed by atoms with Crippen LogP contribution in [0.3, 0.4) is 0 Å². The quantitative estimate of drug-likeness (QED) is 0.773. The highest BCUT2D eigenvalue weighted by Crippen LogP contribution is 2.30. The third kappa shape index (κ3) is 3.52. The molecule has 0 radical (unpaired) electrons. The topological polar surface area (TPSA) is 9.23 Å². The van der Waals surface area contributed by atoms with Gasteiger partial charge in [-0.05, 0) is 42.3 Å². The number of benzene rings is 1. The van der Waals surface area contributed by atoms with Crippen molar-refractivity contribution in [1.82, 2.24) is 0 Å². The van der Waals surface area contributed by atoms with Crippen LogP contribution in [0.2, 0.25) is 0 Å². The highest BCUT2D eigenvalue weighted by Gasteiger charge is 2.29. The van der Waals surface area contributed by atoms with Crippen LogP contribution >= 0.6 is 27.7 Å². The third-order valence-electron chi connectivity index (χ3n) is 1.29. The summed E-state index contributed by atoms with van der Waals surface area (Å²) in [4.78, 5) is 0. The summed E-state index contributed by atoms with van der Waals surface area (Å²) < 4.78 is 30.6. The van der Waals surface area contributed by atoms with Gasteiger partial charge in [0.2, 0.25) is 0 Å². The molecule has 13 heavy (non-hydrogen) atoms. The van der Waals surface area contributed by atoms with Gasteiger partial charge in [0, 0.05) is 4.47 Å². The van der Waals surface area contributed by atoms with Crippen molar-refractivity contribution >= 4 is 27.7 Å². The number of halogens is 3. The minimum Gasteiger partial charge on any atom is -0.424 e. The molecule has 0 amide bonds. The molecule has 0 aliphatic carbocycles. The molecule has 0 atom stereocenters. The maximum Gasteiger partial charge on any atom is 0.452 e. The summed E-state index contributed by atoms with van der Waals surface area (Å²) in [7, 11) is 0. The lowest BCUT2D eigenvalue weighted by molar-refractivity contribution is -0.0875. The fourth-order valence-electron chi connectivity index (χ4n) is 0.682. The van der Waals surface area contributed by atoms with E-state index in [0.717, 1.165) is 4.47 Å². The summed E-state index contributed by atoms with van der Waals surface area (Å²) >= 11 is 3.55. The Morgan fingerprint density at radius 3 is 2.31 bits per heavy atom. The summed E-state index contributed by atoms with van der Waals surface area (Å²) in [5.74, 6) is 0.155. The van der Waals surface area contributed by atoms with Crippen LogP contribution in [0, 0.1) is 0 Å². The number of thioether (sulfide) groups is 1. The fraction of sp³-hybridized carbons (Fsp3) is 0.250. The minimum absolute atomic E-state index is 0.155. The smallest absolute Gasteiger partial charge is 0.424 e. The van der Waals surface area contributed by atoms with Crippen molar-refractivity contribution in [1.29, 1.82) is 0 Å². The van der Waals surface area contributed by atoms with E-state index >= 15 is 0 Å². The number of ether oxygens (including phenoxy) is 1. The molecule has 1 rings (SSSR count). The van der Waals surface area contributed by atoms with E-state index in [9.17, 15) is 8.78 Å². The van der Waals surface area contributed by atoms with Crippen molar-refractivity contribution < 1.29 is 13.5 Å². The highest BCUT2D eigenvalue weighted by molar-refractivity contribution is 9.10. The van der Waals surface area contributed by atoms with E-state index in [1.165, 1.54) is 18.4 Å². The first-order valence-electron chi connectivity index (χ1n) is 3.41. The van der Waals surface area contributed by atoms with Crippen LogP contribution < -0.4 is 4.74 Å². The molecule has 1 aromatic rings. The van der Waals surface area contributed by atoms with Crippen molar-refractivity contribution in [2.24, 2.45) is 0 Å². The second kappa shape index (κ2) is 4.28. The average Bonchev–Trinajstić information content (AvgIpc) is 2.09. The zero-order chi connectivity index (χ0) is 9.90. The van der Waals surface area contributed by atoms with Crippen LogP contribution in [-0.4, -0.2) is 11.7 Å². The van der Waals surface area contributed by atoms with Gasteiger partial charge in [0.15, 0.2) is 0 Å². The molecule has 0 saturated heterocycles. The zero-order valence-electron chi connectivity index (χ0n) is 6.76. The van der Waals surface area contributed by atoms with Crippen LogP contribution in [0.4, 0.5) is 8.78 Å². The molecule has 1 nitrogen and oxygen atoms in total. The Kier molecular flexibility index (Phi) is 3.55. The minimum atomic E-state index is -3.16. The Balaban J connectivity index is 2.69. The second-order valence-corrected chi connectivity index (χ2v) is 4.02. The van der Waals surface area contributed by atoms with Crippen molar-refractivity contribution in [3.05, 3.63) is 28.7 Å². The fourth-order valence-corrected chi connectivity index (χ4v) is 1.13. The van der Waals surface area contributed by atoms with Gasteiger partial charge in [0.05, 0.1) is 0 Å². The Hall–Kier alpha value is -0.290. The monoisotopic (exact) mass is 268 g/mol. The standard InChI is InChI=1S/C8H7BrF2OS/c1-13-8(10,11)12-7-4-2-6(9)3-5-7/h2-5H,1H3. The van der Waals surface area contributed by atoms with Gasteiger partial charge in [-0.15, -0.1) is 0 Å². The van der Waals surface area contributed by atoms with Gasteiger partial charge in [0.25, 0.3) is 0 Å². The zero-order valence-corrected chi connectivity index (χ0v) is 9.16. The molecule has 0 spiro atoms. The molecule has 0 fully saturated rings. The van der Waals surface area contributed by atoms with Crippen molar-refractivity contribution in [3.63, 3.8) is 0 Å². The van der Waals surface area contributed by atoms with Gasteiger partial charge >= 0.3 is 5.44 Å². The molecule has 0 bridgehead atoms. The lowest BCUT2D eigenvalue weighted by Gasteiger charge is -2.14. The molecular formula is C8H7BrF2OS. The largest absolute Gasteiger partial charge is 0.452 e. The van der Waals surface area contributed by atoms with Crippen LogP contribution in [0.5, 0.6) is 5.75 Å². The molecule has 1 aromatic carbocycles. The van der Waals surface area contributed by atoms with Gasteiger partial charge in [-0.2, -0.15) is 8.78 Å². The van der Waals surface area contributed by atoms with Crippen LogP contribution in [0.1, 0.15) is 0 Å². The van der Waals surface area contributed by atoms with E-state index in [1.54, 1.807) is 12.1 Å². The molecular weight excluding hydrogens is 262 g/mol. The molecule has 0 unspecified atom stereocenters. The predicted octanol–water partition coefficient (Wildman–Crippen LogP) is 3.74. The summed E-state index contributed by atoms with van der Waals surface area (Å²) in [5, 5.41) is 0. The first kappa shape index (κ1) is 10.8. The van der Waals surface area contributed by atoms with E-state index < -0.39 is 5.44 Å². The number of alkyl halides is 2. The van der Waals surface area contributed by atoms with Crippen LogP contribution in [0.25, 0.3) is 0 Å². The second-order valence-electron chi connectivity index (χ2n) is 2.22. The summed E-state index contributed by atoms with van der Waals surface area (Å²) in [6, 6.07) is 6.25. The highest BCUT2D eigenvalue weighted by atomic mass is 79.9. The predicted molar refractivity (Wildman–Crippen MR) is 53.2 cm³/mol. The first-order chi connectivity index (χ1) is 6.03. The van der Waals surface area contributed by atoms with E-state index in [2.05, 4.69) is 20.7 Å². The van der Waals surface area contributed by atoms with Gasteiger partial charge in [-0.1, -0.05) is 15.9 Å². The Bertz CT molecular complexity index is 276. The number of hydrogen-bond acceptors (Lipinski definition) is 2. The van der Waals surface area contributed by atoms with E-state index in [4.69, 9.17) is 0 Å². The lowest BCUT2D eigenvalue weighted by Crippen LogP contribution is -2.18. The number of hydrogen-bond donors (Lipinski definition) is 0. The third-order valence-corrected chi connectivity index (χ3v) is 2.38. The SMILES string of the molecule is CSC(F)(F)Oc1ccc(Br)cc1. The van der Waals surface area contributed by atoms with E-state index in [1.807, 2.05) is 0 Å². The molecule has 72 valence electrons. The molecule has 0 aliphatic heterocycles. The van der Waals surface area contributed by atoms with E-state index in [0.29, 0.717) is 11.8 Å². The lowest BCUT2D eigenvalue weighted by atomic mass is 10.3. The van der Waals surface area contributed by atoms with Gasteiger partial charge in [-0.3, -0.25) is 0 Å². The number of rotatable bonds is 3. The summed E-state index contributed by atoms with van der Waals surface area (Å²) in [6.45, 7) is 0. The van der Waals surface area contributed by atoms with Crippen LogP contribution in [0.15, 0.2) is 28.7 Å². The van der Waals surface area contributed by atoms with E-state index in [-0.39, 0.29) is 5.75 Å². The maximum atomic E-state index is 12.7. The van der Waals surface area contributed by atoms with Crippen molar-refractivity contribution in [2.45, 2.75) is 5.44 Å². The molecule has 0 aliphatic rings. The molecule has 0 N–H and O–H groups in total. The van der Waals surface area contributed by atoms with Crippen LogP contribution in [-0.2, 0) is 0 Å². The molecule has 0 heterocycles. The normalized spacial score (nSPS) is 11.4. The summed E-state index contributed by atoms with van der Waals surface area (Å²) in [6.07, 6.45) is 1.29. The Morgan fingerprint density at radius 2 is 1.85 bits per heavy atom. The van der Waals surface area contributed by atoms with Crippen molar-refractivity contribution in [2.75, 3.05) is 6.26 Å². The van der Waals surface area contributed by atoms with Gasteiger partial charge < -0.3 is 4.74 Å². The van der Waals surface area contributed by atoms with Gasteiger partial charge in [-0.25, -0.2) is 0 Å². The average molecular weight is 269 g/mol. The Morgan fingerprint density at radius 1 is 1.31 bits per heavy atom. The first-order valence-corrected chi connectivity index (χ1v) is 5.43. The summed E-state index contributed by atoms with van der Waals surface area (Å²) in [5.41, 5.74) is -3.16. The Labute approximate surface area is 87.6 Å². The van der Waals surface area contributed by atoms with Gasteiger partial charge in [0.1, 0.15) is 5.75 Å². The molecule has 0 aromatic heterocycles. The van der Waals surface area contributed by atoms with Crippen molar-refractivity contribution in [3.8, 4) is 5.75 Å².